The Morgan fingerprint density at radius 3 is 2.75 bits per heavy atom. The summed E-state index contributed by atoms with van der Waals surface area (Å²) in [5.74, 6) is -0.411. The summed E-state index contributed by atoms with van der Waals surface area (Å²) in [5, 5.41) is 0. The molecule has 0 atom stereocenters. The van der Waals surface area contributed by atoms with Gasteiger partial charge in [0, 0.05) is 11.3 Å². The lowest BCUT2D eigenvalue weighted by Crippen LogP contribution is -1.98. The predicted octanol–water partition coefficient (Wildman–Crippen LogP) is 3.57. The molecule has 3 nitrogen and oxygen atoms in total. The Labute approximate surface area is 116 Å². The quantitative estimate of drug-likeness (QED) is 0.721. The molecule has 0 spiro atoms. The zero-order valence-corrected chi connectivity index (χ0v) is 11.0. The van der Waals surface area contributed by atoms with Gasteiger partial charge in [-0.25, -0.2) is 9.37 Å². The van der Waals surface area contributed by atoms with Crippen molar-refractivity contribution < 1.29 is 4.39 Å². The largest absolute Gasteiger partial charge is 0.396 e. The molecule has 0 bridgehead atoms. The summed E-state index contributed by atoms with van der Waals surface area (Å²) in [6.07, 6.45) is 3.48. The van der Waals surface area contributed by atoms with E-state index in [1.807, 2.05) is 29.7 Å². The molecular formula is C16H14FN3. The Balaban J connectivity index is 2.12. The lowest BCUT2D eigenvalue weighted by molar-refractivity contribution is 0.632. The second-order valence-corrected chi connectivity index (χ2v) is 4.72. The van der Waals surface area contributed by atoms with E-state index in [9.17, 15) is 4.39 Å². The van der Waals surface area contributed by atoms with Crippen molar-refractivity contribution in [3.63, 3.8) is 0 Å². The van der Waals surface area contributed by atoms with Crippen LogP contribution in [0.4, 0.5) is 10.1 Å². The monoisotopic (exact) mass is 267 g/mol. The van der Waals surface area contributed by atoms with Gasteiger partial charge in [-0.3, -0.25) is 4.57 Å². The number of rotatable bonds is 2. The van der Waals surface area contributed by atoms with Crippen LogP contribution in [-0.4, -0.2) is 9.55 Å². The maximum Gasteiger partial charge on any atom is 0.146 e. The summed E-state index contributed by atoms with van der Waals surface area (Å²) in [7, 11) is 0. The number of aromatic nitrogens is 2. The molecule has 1 aromatic heterocycles. The van der Waals surface area contributed by atoms with Crippen LogP contribution < -0.4 is 5.73 Å². The highest BCUT2D eigenvalue weighted by Crippen LogP contribution is 2.25. The maximum atomic E-state index is 13.3. The van der Waals surface area contributed by atoms with E-state index in [0.29, 0.717) is 0 Å². The van der Waals surface area contributed by atoms with Gasteiger partial charge in [-0.2, -0.15) is 0 Å². The van der Waals surface area contributed by atoms with Crippen LogP contribution in [0.1, 0.15) is 5.56 Å². The van der Waals surface area contributed by atoms with Crippen LogP contribution in [0.5, 0.6) is 0 Å². The van der Waals surface area contributed by atoms with Crippen LogP contribution in [0.3, 0.4) is 0 Å². The van der Waals surface area contributed by atoms with E-state index in [4.69, 9.17) is 5.73 Å². The standard InChI is InChI=1S/C16H14FN3/c1-11-3-2-4-12(7-11)16-9-19-10-20(16)13-5-6-14(17)15(18)8-13/h2-10H,18H2,1H3. The molecule has 0 aliphatic carbocycles. The first-order valence-corrected chi connectivity index (χ1v) is 6.30. The van der Waals surface area contributed by atoms with E-state index in [2.05, 4.69) is 11.1 Å². The molecule has 3 rings (SSSR count). The molecule has 4 heteroatoms. The van der Waals surface area contributed by atoms with Gasteiger partial charge in [0.25, 0.3) is 0 Å². The van der Waals surface area contributed by atoms with Gasteiger partial charge in [0.05, 0.1) is 23.9 Å². The minimum absolute atomic E-state index is 0.131. The van der Waals surface area contributed by atoms with Crippen LogP contribution in [0.2, 0.25) is 0 Å². The van der Waals surface area contributed by atoms with Crippen LogP contribution in [0.25, 0.3) is 16.9 Å². The van der Waals surface area contributed by atoms with Gasteiger partial charge in [0.15, 0.2) is 0 Å². The fraction of sp³-hybridized carbons (Fsp3) is 0.0625. The topological polar surface area (TPSA) is 43.8 Å². The lowest BCUT2D eigenvalue weighted by atomic mass is 10.1. The highest BCUT2D eigenvalue weighted by Gasteiger charge is 2.08. The number of anilines is 1. The first-order valence-electron chi connectivity index (χ1n) is 6.30. The smallest absolute Gasteiger partial charge is 0.146 e. The van der Waals surface area contributed by atoms with Gasteiger partial charge in [-0.15, -0.1) is 0 Å². The van der Waals surface area contributed by atoms with E-state index in [1.54, 1.807) is 24.7 Å². The van der Waals surface area contributed by atoms with Crippen LogP contribution in [-0.2, 0) is 0 Å². The highest BCUT2D eigenvalue weighted by molar-refractivity contribution is 5.63. The van der Waals surface area contributed by atoms with Crippen molar-refractivity contribution in [2.45, 2.75) is 6.92 Å². The van der Waals surface area contributed by atoms with Crippen LogP contribution in [0.15, 0.2) is 55.0 Å². The minimum Gasteiger partial charge on any atom is -0.396 e. The van der Waals surface area contributed by atoms with E-state index >= 15 is 0 Å². The minimum atomic E-state index is -0.411. The lowest BCUT2D eigenvalue weighted by Gasteiger charge is -2.10. The average Bonchev–Trinajstić information content (AvgIpc) is 2.91. The molecule has 100 valence electrons. The maximum absolute atomic E-state index is 13.3. The molecule has 0 radical (unpaired) electrons. The number of nitrogen functional groups attached to an aromatic ring is 1. The molecule has 3 aromatic rings. The summed E-state index contributed by atoms with van der Waals surface area (Å²) in [4.78, 5) is 4.19. The third kappa shape index (κ3) is 2.16. The first kappa shape index (κ1) is 12.4. The number of hydrogen-bond donors (Lipinski definition) is 1. The van der Waals surface area contributed by atoms with Gasteiger partial charge in [0.2, 0.25) is 0 Å². The molecule has 0 aliphatic rings. The van der Waals surface area contributed by atoms with Gasteiger partial charge < -0.3 is 5.73 Å². The van der Waals surface area contributed by atoms with Crippen molar-refractivity contribution in [2.24, 2.45) is 0 Å². The molecule has 0 aliphatic heterocycles. The third-order valence-electron chi connectivity index (χ3n) is 3.21. The number of aryl methyl sites for hydroxylation is 1. The molecule has 0 fully saturated rings. The molecule has 2 aromatic carbocycles. The van der Waals surface area contributed by atoms with Gasteiger partial charge >= 0.3 is 0 Å². The normalized spacial score (nSPS) is 10.7. The molecule has 1 heterocycles. The van der Waals surface area contributed by atoms with Crippen molar-refractivity contribution in [1.82, 2.24) is 9.55 Å². The second kappa shape index (κ2) is 4.81. The van der Waals surface area contributed by atoms with E-state index < -0.39 is 5.82 Å². The Bertz CT molecular complexity index is 762. The van der Waals surface area contributed by atoms with Crippen LogP contribution in [0, 0.1) is 12.7 Å². The van der Waals surface area contributed by atoms with Crippen molar-refractivity contribution in [1.29, 1.82) is 0 Å². The molecule has 20 heavy (non-hydrogen) atoms. The zero-order valence-electron chi connectivity index (χ0n) is 11.0. The molecular weight excluding hydrogens is 253 g/mol. The number of benzene rings is 2. The first-order chi connectivity index (χ1) is 9.65. The number of nitrogens with two attached hydrogens (primary N) is 1. The molecule has 0 saturated carbocycles. The van der Waals surface area contributed by atoms with Crippen molar-refractivity contribution in [2.75, 3.05) is 5.73 Å². The highest BCUT2D eigenvalue weighted by atomic mass is 19.1. The van der Waals surface area contributed by atoms with Gasteiger partial charge in [0.1, 0.15) is 5.82 Å². The third-order valence-corrected chi connectivity index (χ3v) is 3.21. The van der Waals surface area contributed by atoms with Gasteiger partial charge in [-0.1, -0.05) is 23.8 Å². The fourth-order valence-corrected chi connectivity index (χ4v) is 2.20. The molecule has 2 N–H and O–H groups in total. The average molecular weight is 267 g/mol. The van der Waals surface area contributed by atoms with Gasteiger partial charge in [-0.05, 0) is 31.2 Å². The van der Waals surface area contributed by atoms with E-state index in [1.165, 1.54) is 11.6 Å². The Morgan fingerprint density at radius 1 is 1.15 bits per heavy atom. The summed E-state index contributed by atoms with van der Waals surface area (Å²) in [5.41, 5.74) is 9.73. The SMILES string of the molecule is Cc1cccc(-c2cncn2-c2ccc(F)c(N)c2)c1. The Kier molecular flexibility index (Phi) is 2.99. The Hall–Kier alpha value is -2.62. The number of imidazole rings is 1. The number of nitrogens with zero attached hydrogens (tertiary/aromatic N) is 2. The fourth-order valence-electron chi connectivity index (χ4n) is 2.20. The van der Waals surface area contributed by atoms with E-state index in [-0.39, 0.29) is 5.69 Å². The summed E-state index contributed by atoms with van der Waals surface area (Å²) in [6, 6.07) is 12.8. The summed E-state index contributed by atoms with van der Waals surface area (Å²) >= 11 is 0. The predicted molar refractivity (Wildman–Crippen MR) is 78.1 cm³/mol. The van der Waals surface area contributed by atoms with Crippen molar-refractivity contribution in [3.8, 4) is 16.9 Å². The number of halogens is 1. The summed E-state index contributed by atoms with van der Waals surface area (Å²) < 4.78 is 15.2. The van der Waals surface area contributed by atoms with Crippen molar-refractivity contribution in [3.05, 3.63) is 66.4 Å². The zero-order chi connectivity index (χ0) is 14.1. The van der Waals surface area contributed by atoms with Crippen LogP contribution >= 0.6 is 0 Å². The Morgan fingerprint density at radius 2 is 2.00 bits per heavy atom. The van der Waals surface area contributed by atoms with E-state index in [0.717, 1.165) is 16.9 Å². The number of hydrogen-bond acceptors (Lipinski definition) is 2. The second-order valence-electron chi connectivity index (χ2n) is 4.72. The molecule has 0 saturated heterocycles. The summed E-state index contributed by atoms with van der Waals surface area (Å²) in [6.45, 7) is 2.04. The van der Waals surface area contributed by atoms with Crippen molar-refractivity contribution >= 4 is 5.69 Å². The molecule has 0 unspecified atom stereocenters. The molecule has 0 amide bonds.